The molecule has 17 heavy (non-hydrogen) atoms. The molecular formula is C11H24N2O2S2. The molecule has 1 aliphatic rings. The van der Waals surface area contributed by atoms with Crippen molar-refractivity contribution in [3.05, 3.63) is 0 Å². The molecule has 1 fully saturated rings. The van der Waals surface area contributed by atoms with Crippen LogP contribution in [0.25, 0.3) is 0 Å². The first kappa shape index (κ1) is 15.3. The van der Waals surface area contributed by atoms with Gasteiger partial charge < -0.3 is 5.32 Å². The van der Waals surface area contributed by atoms with Gasteiger partial charge in [0.15, 0.2) is 0 Å². The Morgan fingerprint density at radius 1 is 1.41 bits per heavy atom. The molecule has 4 nitrogen and oxygen atoms in total. The number of nitrogens with zero attached hydrogens (tertiary/aromatic N) is 1. The van der Waals surface area contributed by atoms with Gasteiger partial charge in [0.2, 0.25) is 10.0 Å². The Balaban J connectivity index is 2.46. The van der Waals surface area contributed by atoms with E-state index in [1.165, 1.54) is 0 Å². The highest BCUT2D eigenvalue weighted by Gasteiger charge is 2.33. The van der Waals surface area contributed by atoms with E-state index in [1.807, 2.05) is 18.7 Å². The molecule has 0 spiro atoms. The maximum absolute atomic E-state index is 12.1. The van der Waals surface area contributed by atoms with E-state index in [1.54, 1.807) is 4.31 Å². The predicted molar refractivity (Wildman–Crippen MR) is 75.1 cm³/mol. The Morgan fingerprint density at radius 2 is 2.12 bits per heavy atom. The van der Waals surface area contributed by atoms with Crippen LogP contribution in [0.4, 0.5) is 0 Å². The molecule has 0 bridgehead atoms. The zero-order valence-corrected chi connectivity index (χ0v) is 12.7. The minimum atomic E-state index is -3.05. The maximum Gasteiger partial charge on any atom is 0.214 e. The van der Waals surface area contributed by atoms with Gasteiger partial charge in [-0.3, -0.25) is 0 Å². The Bertz CT molecular complexity index is 328. The van der Waals surface area contributed by atoms with Crippen LogP contribution in [0.15, 0.2) is 0 Å². The zero-order chi connectivity index (χ0) is 12.9. The average Bonchev–Trinajstić information content (AvgIpc) is 2.23. The van der Waals surface area contributed by atoms with E-state index in [0.717, 1.165) is 18.8 Å². The van der Waals surface area contributed by atoms with Gasteiger partial charge in [-0.1, -0.05) is 6.92 Å². The molecule has 0 saturated carbocycles. The first-order chi connectivity index (χ1) is 7.87. The van der Waals surface area contributed by atoms with Gasteiger partial charge >= 0.3 is 0 Å². The minimum Gasteiger partial charge on any atom is -0.317 e. The number of hydrogen-bond acceptors (Lipinski definition) is 4. The minimum absolute atomic E-state index is 0.0486. The summed E-state index contributed by atoms with van der Waals surface area (Å²) < 4.78 is 26.0. The molecule has 1 N–H and O–H groups in total. The second-order valence-corrected chi connectivity index (χ2v) is 8.86. The van der Waals surface area contributed by atoms with Crippen molar-refractivity contribution in [2.45, 2.75) is 31.9 Å². The Morgan fingerprint density at radius 3 is 2.71 bits per heavy atom. The molecule has 102 valence electrons. The fourth-order valence-corrected chi connectivity index (χ4v) is 4.86. The third kappa shape index (κ3) is 5.16. The highest BCUT2D eigenvalue weighted by atomic mass is 32.2. The SMILES string of the molecule is CCNCCCS(=O)(=O)N1CCSC(C)(C)C1. The van der Waals surface area contributed by atoms with Gasteiger partial charge in [-0.15, -0.1) is 0 Å². The van der Waals surface area contributed by atoms with Crippen LogP contribution in [0.3, 0.4) is 0 Å². The third-order valence-corrected chi connectivity index (χ3v) is 5.99. The molecule has 0 aliphatic carbocycles. The summed E-state index contributed by atoms with van der Waals surface area (Å²) in [5.41, 5.74) is 0. The van der Waals surface area contributed by atoms with Gasteiger partial charge in [0, 0.05) is 23.6 Å². The maximum atomic E-state index is 12.1. The van der Waals surface area contributed by atoms with Gasteiger partial charge in [0.05, 0.1) is 5.75 Å². The van der Waals surface area contributed by atoms with Gasteiger partial charge in [-0.25, -0.2) is 8.42 Å². The summed E-state index contributed by atoms with van der Waals surface area (Å²) >= 11 is 1.85. The van der Waals surface area contributed by atoms with Crippen molar-refractivity contribution in [2.24, 2.45) is 0 Å². The van der Waals surface area contributed by atoms with E-state index >= 15 is 0 Å². The monoisotopic (exact) mass is 280 g/mol. The Kier molecular flexibility index (Phi) is 5.76. The van der Waals surface area contributed by atoms with Crippen LogP contribution >= 0.6 is 11.8 Å². The summed E-state index contributed by atoms with van der Waals surface area (Å²) in [6.07, 6.45) is 0.695. The number of hydrogen-bond donors (Lipinski definition) is 1. The normalized spacial score (nSPS) is 21.6. The average molecular weight is 280 g/mol. The van der Waals surface area contributed by atoms with Crippen LogP contribution in [-0.4, -0.2) is 55.2 Å². The molecule has 0 aromatic rings. The summed E-state index contributed by atoms with van der Waals surface area (Å²) in [4.78, 5) is 0. The molecule has 6 heteroatoms. The van der Waals surface area contributed by atoms with Crippen molar-refractivity contribution in [3.8, 4) is 0 Å². The van der Waals surface area contributed by atoms with Crippen LogP contribution in [0, 0.1) is 0 Å². The molecule has 0 aromatic carbocycles. The van der Waals surface area contributed by atoms with Crippen LogP contribution < -0.4 is 5.32 Å². The Hall–Kier alpha value is 0.220. The number of rotatable bonds is 6. The van der Waals surface area contributed by atoms with Crippen LogP contribution in [0.1, 0.15) is 27.2 Å². The summed E-state index contributed by atoms with van der Waals surface area (Å²) in [6, 6.07) is 0. The lowest BCUT2D eigenvalue weighted by molar-refractivity contribution is 0.387. The van der Waals surface area contributed by atoms with E-state index in [0.29, 0.717) is 19.5 Å². The van der Waals surface area contributed by atoms with Crippen LogP contribution in [0.2, 0.25) is 0 Å². The van der Waals surface area contributed by atoms with Gasteiger partial charge in [-0.05, 0) is 33.4 Å². The van der Waals surface area contributed by atoms with E-state index in [-0.39, 0.29) is 10.5 Å². The largest absolute Gasteiger partial charge is 0.317 e. The lowest BCUT2D eigenvalue weighted by Gasteiger charge is -2.36. The molecule has 0 aromatic heterocycles. The van der Waals surface area contributed by atoms with Gasteiger partial charge in [-0.2, -0.15) is 16.1 Å². The Labute approximate surface area is 110 Å². The summed E-state index contributed by atoms with van der Waals surface area (Å²) in [7, 11) is -3.05. The van der Waals surface area contributed by atoms with Crippen molar-refractivity contribution >= 4 is 21.8 Å². The third-order valence-electron chi connectivity index (χ3n) is 2.79. The van der Waals surface area contributed by atoms with E-state index in [9.17, 15) is 8.42 Å². The van der Waals surface area contributed by atoms with Crippen molar-refractivity contribution in [1.82, 2.24) is 9.62 Å². The molecule has 1 heterocycles. The lowest BCUT2D eigenvalue weighted by atomic mass is 10.2. The van der Waals surface area contributed by atoms with Gasteiger partial charge in [0.1, 0.15) is 0 Å². The van der Waals surface area contributed by atoms with E-state index < -0.39 is 10.0 Å². The highest BCUT2D eigenvalue weighted by molar-refractivity contribution is 8.00. The lowest BCUT2D eigenvalue weighted by Crippen LogP contribution is -2.47. The molecule has 1 aliphatic heterocycles. The van der Waals surface area contributed by atoms with Crippen molar-refractivity contribution in [3.63, 3.8) is 0 Å². The summed E-state index contributed by atoms with van der Waals surface area (Å²) in [5.74, 6) is 1.17. The molecule has 1 saturated heterocycles. The summed E-state index contributed by atoms with van der Waals surface area (Å²) in [5, 5.41) is 3.15. The fourth-order valence-electron chi connectivity index (χ4n) is 1.90. The number of sulfonamides is 1. The summed E-state index contributed by atoms with van der Waals surface area (Å²) in [6.45, 7) is 9.23. The topological polar surface area (TPSA) is 49.4 Å². The molecular weight excluding hydrogens is 256 g/mol. The fraction of sp³-hybridized carbons (Fsp3) is 1.00. The number of nitrogens with one attached hydrogen (secondary N) is 1. The van der Waals surface area contributed by atoms with E-state index in [4.69, 9.17) is 0 Å². The van der Waals surface area contributed by atoms with Crippen LogP contribution in [-0.2, 0) is 10.0 Å². The first-order valence-corrected chi connectivity index (χ1v) is 8.79. The molecule has 0 unspecified atom stereocenters. The standard InChI is InChI=1S/C11H24N2O2S2/c1-4-12-6-5-9-17(14,15)13-7-8-16-11(2,3)10-13/h12H,4-10H2,1-3H3. The second kappa shape index (κ2) is 6.41. The van der Waals surface area contributed by atoms with Gasteiger partial charge in [0.25, 0.3) is 0 Å². The number of thioether (sulfide) groups is 1. The highest BCUT2D eigenvalue weighted by Crippen LogP contribution is 2.30. The quantitative estimate of drug-likeness (QED) is 0.741. The zero-order valence-electron chi connectivity index (χ0n) is 11.0. The molecule has 0 atom stereocenters. The van der Waals surface area contributed by atoms with Crippen molar-refractivity contribution in [2.75, 3.05) is 37.7 Å². The van der Waals surface area contributed by atoms with Crippen molar-refractivity contribution in [1.29, 1.82) is 0 Å². The van der Waals surface area contributed by atoms with Crippen LogP contribution in [0.5, 0.6) is 0 Å². The first-order valence-electron chi connectivity index (χ1n) is 6.20. The second-order valence-electron chi connectivity index (χ2n) is 4.96. The smallest absolute Gasteiger partial charge is 0.214 e. The van der Waals surface area contributed by atoms with Crippen molar-refractivity contribution < 1.29 is 8.42 Å². The molecule has 0 radical (unpaired) electrons. The molecule has 0 amide bonds. The molecule has 1 rings (SSSR count). The van der Waals surface area contributed by atoms with E-state index in [2.05, 4.69) is 19.2 Å². The predicted octanol–water partition coefficient (Wildman–Crippen LogP) is 1.14.